The van der Waals surface area contributed by atoms with Crippen LogP contribution in [0.25, 0.3) is 0 Å². The van der Waals surface area contributed by atoms with Gasteiger partial charge in [-0.25, -0.2) is 0 Å². The average Bonchev–Trinajstić information content (AvgIpc) is 2.99. The molecule has 0 radical (unpaired) electrons. The molecule has 84 valence electrons. The van der Waals surface area contributed by atoms with Gasteiger partial charge in [-0.3, -0.25) is 10.1 Å². The lowest BCUT2D eigenvalue weighted by molar-refractivity contribution is -0.147. The third-order valence-electron chi connectivity index (χ3n) is 2.97. The van der Waals surface area contributed by atoms with Gasteiger partial charge in [0.05, 0.1) is 6.10 Å². The number of fused-ring (bicyclic) bond motifs is 1. The van der Waals surface area contributed by atoms with Crippen LogP contribution < -0.4 is 5.32 Å². The molecule has 0 unspecified atom stereocenters. The molecular formula is C12H13NO3. The molecule has 1 aromatic rings. The highest BCUT2D eigenvalue weighted by atomic mass is 16.6. The second-order valence-corrected chi connectivity index (χ2v) is 4.12. The average molecular weight is 219 g/mol. The van der Waals surface area contributed by atoms with Crippen molar-refractivity contribution in [2.24, 2.45) is 0 Å². The molecule has 0 spiro atoms. The van der Waals surface area contributed by atoms with E-state index in [2.05, 4.69) is 5.32 Å². The Kier molecular flexibility index (Phi) is 2.38. The zero-order valence-electron chi connectivity index (χ0n) is 8.76. The number of nitrogens with one attached hydrogen (secondary N) is 1. The van der Waals surface area contributed by atoms with E-state index in [0.717, 1.165) is 12.1 Å². The highest BCUT2D eigenvalue weighted by Gasteiger charge is 2.53. The first-order chi connectivity index (χ1) is 7.84. The molecule has 4 nitrogen and oxygen atoms in total. The predicted molar refractivity (Wildman–Crippen MR) is 56.7 cm³/mol. The molecule has 4 heteroatoms. The Morgan fingerprint density at radius 3 is 2.88 bits per heavy atom. The second kappa shape index (κ2) is 3.88. The topological polar surface area (TPSA) is 50.9 Å². The smallest absolute Gasteiger partial charge is 0.326 e. The molecule has 16 heavy (non-hydrogen) atoms. The van der Waals surface area contributed by atoms with E-state index in [-0.39, 0.29) is 24.2 Å². The summed E-state index contributed by atoms with van der Waals surface area (Å²) in [5.74, 6) is -0.214. The van der Waals surface area contributed by atoms with E-state index in [4.69, 9.17) is 9.47 Å². The third kappa shape index (κ3) is 1.81. The van der Waals surface area contributed by atoms with Crippen LogP contribution in [0.1, 0.15) is 5.56 Å². The summed E-state index contributed by atoms with van der Waals surface area (Å²) in [4.78, 5) is 11.7. The molecule has 2 aliphatic heterocycles. The van der Waals surface area contributed by atoms with Crippen molar-refractivity contribution in [3.63, 3.8) is 0 Å². The van der Waals surface area contributed by atoms with Crippen LogP contribution in [0.2, 0.25) is 0 Å². The zero-order chi connectivity index (χ0) is 11.0. The number of carbonyl (C=O) groups excluding carboxylic acids is 1. The lowest BCUT2D eigenvalue weighted by atomic mass is 10.2. The second-order valence-electron chi connectivity index (χ2n) is 4.12. The summed E-state index contributed by atoms with van der Waals surface area (Å²) in [7, 11) is 0. The van der Waals surface area contributed by atoms with Crippen LogP contribution in [0.4, 0.5) is 0 Å². The Morgan fingerprint density at radius 1 is 1.44 bits per heavy atom. The molecule has 1 aromatic carbocycles. The van der Waals surface area contributed by atoms with Gasteiger partial charge in [0.15, 0.2) is 0 Å². The fourth-order valence-corrected chi connectivity index (χ4v) is 2.01. The summed E-state index contributed by atoms with van der Waals surface area (Å²) in [5, 5.41) is 3.09. The molecule has 0 aliphatic carbocycles. The van der Waals surface area contributed by atoms with E-state index in [1.54, 1.807) is 0 Å². The van der Waals surface area contributed by atoms with Gasteiger partial charge >= 0.3 is 5.97 Å². The number of hydrogen-bond donors (Lipinski definition) is 1. The monoisotopic (exact) mass is 219 g/mol. The van der Waals surface area contributed by atoms with Crippen LogP contribution in [-0.4, -0.2) is 30.8 Å². The maximum atomic E-state index is 11.7. The molecule has 3 rings (SSSR count). The van der Waals surface area contributed by atoms with Crippen molar-refractivity contribution in [1.29, 1.82) is 0 Å². The van der Waals surface area contributed by atoms with Crippen molar-refractivity contribution in [2.75, 3.05) is 6.54 Å². The van der Waals surface area contributed by atoms with Crippen molar-refractivity contribution in [3.8, 4) is 0 Å². The summed E-state index contributed by atoms with van der Waals surface area (Å²) in [6, 6.07) is 9.40. The molecule has 1 N–H and O–H groups in total. The summed E-state index contributed by atoms with van der Waals surface area (Å²) in [6.45, 7) is 1.09. The van der Waals surface area contributed by atoms with Gasteiger partial charge in [0.2, 0.25) is 0 Å². The van der Waals surface area contributed by atoms with Gasteiger partial charge in [0, 0.05) is 6.54 Å². The number of epoxide rings is 1. The van der Waals surface area contributed by atoms with Gasteiger partial charge in [-0.1, -0.05) is 30.3 Å². The largest absolute Gasteiger partial charge is 0.460 e. The van der Waals surface area contributed by atoms with Gasteiger partial charge in [0.25, 0.3) is 0 Å². The SMILES string of the molecule is O=C(OCc1ccccc1)[C@H]1NC[C@H]2O[C@@H]12. The van der Waals surface area contributed by atoms with E-state index in [0.29, 0.717) is 6.61 Å². The number of ether oxygens (including phenoxy) is 2. The van der Waals surface area contributed by atoms with E-state index >= 15 is 0 Å². The predicted octanol–water partition coefficient (Wildman–Crippen LogP) is 0.469. The Balaban J connectivity index is 1.53. The number of morpholine rings is 1. The van der Waals surface area contributed by atoms with Gasteiger partial charge in [-0.2, -0.15) is 0 Å². The van der Waals surface area contributed by atoms with Gasteiger partial charge in [0.1, 0.15) is 18.8 Å². The highest BCUT2D eigenvalue weighted by molar-refractivity contribution is 5.78. The van der Waals surface area contributed by atoms with E-state index in [1.165, 1.54) is 0 Å². The highest BCUT2D eigenvalue weighted by Crippen LogP contribution is 2.30. The van der Waals surface area contributed by atoms with Crippen molar-refractivity contribution < 1.29 is 14.3 Å². The molecular weight excluding hydrogens is 206 g/mol. The van der Waals surface area contributed by atoms with Crippen LogP contribution in [-0.2, 0) is 20.9 Å². The molecule has 0 amide bonds. The quantitative estimate of drug-likeness (QED) is 0.593. The van der Waals surface area contributed by atoms with Crippen molar-refractivity contribution in [1.82, 2.24) is 5.32 Å². The minimum absolute atomic E-state index is 0.0447. The summed E-state index contributed by atoms with van der Waals surface area (Å²) < 4.78 is 10.5. The number of benzene rings is 1. The van der Waals surface area contributed by atoms with Crippen LogP contribution in [0.5, 0.6) is 0 Å². The van der Waals surface area contributed by atoms with Crippen LogP contribution in [0.15, 0.2) is 30.3 Å². The maximum absolute atomic E-state index is 11.7. The third-order valence-corrected chi connectivity index (χ3v) is 2.97. The van der Waals surface area contributed by atoms with E-state index in [9.17, 15) is 4.79 Å². The number of rotatable bonds is 3. The van der Waals surface area contributed by atoms with Gasteiger partial charge in [-0.05, 0) is 5.56 Å². The first-order valence-corrected chi connectivity index (χ1v) is 5.44. The molecule has 0 saturated carbocycles. The Bertz CT molecular complexity index is 393. The molecule has 0 aromatic heterocycles. The summed E-state index contributed by atoms with van der Waals surface area (Å²) in [5.41, 5.74) is 1.00. The fourth-order valence-electron chi connectivity index (χ4n) is 2.01. The van der Waals surface area contributed by atoms with Crippen molar-refractivity contribution >= 4 is 5.97 Å². The number of esters is 1. The van der Waals surface area contributed by atoms with E-state index < -0.39 is 0 Å². The number of hydrogen-bond acceptors (Lipinski definition) is 4. The minimum atomic E-state index is -0.270. The summed E-state index contributed by atoms with van der Waals surface area (Å²) >= 11 is 0. The fraction of sp³-hybridized carbons (Fsp3) is 0.417. The first-order valence-electron chi connectivity index (χ1n) is 5.44. The molecule has 3 atom stereocenters. The zero-order valence-corrected chi connectivity index (χ0v) is 8.76. The maximum Gasteiger partial charge on any atom is 0.326 e. The molecule has 2 aliphatic rings. The Labute approximate surface area is 93.5 Å². The number of carbonyl (C=O) groups is 1. The molecule has 2 fully saturated rings. The summed E-state index contributed by atoms with van der Waals surface area (Å²) in [6.07, 6.45) is 0.276. The van der Waals surface area contributed by atoms with Crippen LogP contribution >= 0.6 is 0 Å². The van der Waals surface area contributed by atoms with Crippen LogP contribution in [0, 0.1) is 0 Å². The standard InChI is InChI=1S/C12H13NO3/c14-12(10-11-9(16-11)6-13-10)15-7-8-4-2-1-3-5-8/h1-5,9-11,13H,6-7H2/t9-,10+,11-/m1/s1. The lowest BCUT2D eigenvalue weighted by Gasteiger charge is -2.11. The molecule has 2 saturated heterocycles. The normalized spacial score (nSPS) is 30.9. The van der Waals surface area contributed by atoms with Crippen LogP contribution in [0.3, 0.4) is 0 Å². The Hall–Kier alpha value is -1.39. The molecule has 0 bridgehead atoms. The van der Waals surface area contributed by atoms with Gasteiger partial charge in [-0.15, -0.1) is 0 Å². The minimum Gasteiger partial charge on any atom is -0.460 e. The van der Waals surface area contributed by atoms with Crippen molar-refractivity contribution in [2.45, 2.75) is 24.9 Å². The van der Waals surface area contributed by atoms with Gasteiger partial charge < -0.3 is 9.47 Å². The lowest BCUT2D eigenvalue weighted by Crippen LogP contribution is -2.38. The van der Waals surface area contributed by atoms with E-state index in [1.807, 2.05) is 30.3 Å². The Morgan fingerprint density at radius 2 is 2.25 bits per heavy atom. The molecule has 2 heterocycles. The first kappa shape index (κ1) is 9.81. The van der Waals surface area contributed by atoms with Crippen molar-refractivity contribution in [3.05, 3.63) is 35.9 Å².